The van der Waals surface area contributed by atoms with E-state index in [2.05, 4.69) is 11.4 Å². The standard InChI is InChI=1S/C11H17NO3S2/c1-15-6-9(13)5-12-11(14)8-16-7-10-3-2-4-17-10/h2-4,9,13H,5-8H2,1H3,(H,12,14). The lowest BCUT2D eigenvalue weighted by molar-refractivity contribution is -0.119. The lowest BCUT2D eigenvalue weighted by Gasteiger charge is -2.10. The van der Waals surface area contributed by atoms with Gasteiger partial charge in [0.25, 0.3) is 0 Å². The van der Waals surface area contributed by atoms with Crippen LogP contribution in [-0.2, 0) is 15.3 Å². The first kappa shape index (κ1) is 14.5. The van der Waals surface area contributed by atoms with E-state index < -0.39 is 6.10 Å². The fourth-order valence-corrected chi connectivity index (χ4v) is 2.87. The highest BCUT2D eigenvalue weighted by atomic mass is 32.2. The van der Waals surface area contributed by atoms with Crippen molar-refractivity contribution < 1.29 is 14.6 Å². The van der Waals surface area contributed by atoms with Crippen molar-refractivity contribution in [3.8, 4) is 0 Å². The molecule has 6 heteroatoms. The largest absolute Gasteiger partial charge is 0.389 e. The van der Waals surface area contributed by atoms with Crippen molar-refractivity contribution in [3.05, 3.63) is 22.4 Å². The molecule has 0 radical (unpaired) electrons. The van der Waals surface area contributed by atoms with Crippen LogP contribution >= 0.6 is 23.1 Å². The normalized spacial score (nSPS) is 12.4. The molecule has 0 spiro atoms. The van der Waals surface area contributed by atoms with Gasteiger partial charge >= 0.3 is 0 Å². The number of thiophene rings is 1. The summed E-state index contributed by atoms with van der Waals surface area (Å²) in [6.07, 6.45) is -0.633. The number of aliphatic hydroxyl groups is 1. The van der Waals surface area contributed by atoms with Crippen LogP contribution in [0.25, 0.3) is 0 Å². The van der Waals surface area contributed by atoms with Crippen molar-refractivity contribution in [1.82, 2.24) is 5.32 Å². The number of aliphatic hydroxyl groups excluding tert-OH is 1. The van der Waals surface area contributed by atoms with Gasteiger partial charge in [0.2, 0.25) is 5.91 Å². The predicted octanol–water partition coefficient (Wildman–Crippen LogP) is 1.10. The van der Waals surface area contributed by atoms with Crippen molar-refractivity contribution in [3.63, 3.8) is 0 Å². The van der Waals surface area contributed by atoms with Gasteiger partial charge in [-0.15, -0.1) is 23.1 Å². The fourth-order valence-electron chi connectivity index (χ4n) is 1.17. The number of thioether (sulfide) groups is 1. The van der Waals surface area contributed by atoms with Crippen LogP contribution in [0.4, 0.5) is 0 Å². The van der Waals surface area contributed by atoms with Crippen LogP contribution in [-0.4, -0.2) is 43.1 Å². The average molecular weight is 275 g/mol. The van der Waals surface area contributed by atoms with E-state index in [1.807, 2.05) is 11.4 Å². The number of nitrogens with one attached hydrogen (secondary N) is 1. The quantitative estimate of drug-likeness (QED) is 0.746. The number of hydrogen-bond donors (Lipinski definition) is 2. The molecule has 1 aromatic heterocycles. The molecule has 1 unspecified atom stereocenters. The van der Waals surface area contributed by atoms with Crippen molar-refractivity contribution in [2.24, 2.45) is 0 Å². The maximum atomic E-state index is 11.4. The Bertz CT molecular complexity index is 317. The van der Waals surface area contributed by atoms with E-state index >= 15 is 0 Å². The number of rotatable bonds is 8. The zero-order valence-electron chi connectivity index (χ0n) is 9.72. The first-order valence-electron chi connectivity index (χ1n) is 5.26. The Labute approximate surface area is 109 Å². The van der Waals surface area contributed by atoms with Gasteiger partial charge in [0, 0.05) is 24.3 Å². The lowest BCUT2D eigenvalue weighted by Crippen LogP contribution is -2.35. The molecule has 1 rings (SSSR count). The molecule has 0 aliphatic carbocycles. The SMILES string of the molecule is COCC(O)CNC(=O)CSCc1cccs1. The van der Waals surface area contributed by atoms with E-state index in [0.29, 0.717) is 5.75 Å². The predicted molar refractivity (Wildman–Crippen MR) is 71.4 cm³/mol. The molecule has 0 aromatic carbocycles. The minimum absolute atomic E-state index is 0.0540. The second kappa shape index (κ2) is 8.52. The monoisotopic (exact) mass is 275 g/mol. The first-order valence-corrected chi connectivity index (χ1v) is 7.29. The first-order chi connectivity index (χ1) is 8.22. The van der Waals surface area contributed by atoms with Crippen molar-refractivity contribution in [2.75, 3.05) is 26.0 Å². The van der Waals surface area contributed by atoms with Gasteiger partial charge < -0.3 is 15.2 Å². The summed E-state index contributed by atoms with van der Waals surface area (Å²) < 4.78 is 4.76. The third-order valence-electron chi connectivity index (χ3n) is 1.95. The van der Waals surface area contributed by atoms with Crippen molar-refractivity contribution in [2.45, 2.75) is 11.9 Å². The van der Waals surface area contributed by atoms with Crippen LogP contribution < -0.4 is 5.32 Å². The van der Waals surface area contributed by atoms with Crippen LogP contribution in [0.3, 0.4) is 0 Å². The van der Waals surface area contributed by atoms with Gasteiger partial charge in [0.15, 0.2) is 0 Å². The summed E-state index contributed by atoms with van der Waals surface area (Å²) in [7, 11) is 1.52. The molecule has 0 aliphatic rings. The average Bonchev–Trinajstić information content (AvgIpc) is 2.80. The van der Waals surface area contributed by atoms with Gasteiger partial charge in [-0.05, 0) is 11.4 Å². The molecule has 1 atom stereocenters. The Kier molecular flexibility index (Phi) is 7.27. The highest BCUT2D eigenvalue weighted by molar-refractivity contribution is 7.99. The van der Waals surface area contributed by atoms with E-state index in [9.17, 15) is 9.90 Å². The maximum Gasteiger partial charge on any atom is 0.230 e. The molecule has 0 bridgehead atoms. The summed E-state index contributed by atoms with van der Waals surface area (Å²) in [5, 5.41) is 14.0. The lowest BCUT2D eigenvalue weighted by atomic mass is 10.4. The maximum absolute atomic E-state index is 11.4. The van der Waals surface area contributed by atoms with Gasteiger partial charge in [-0.25, -0.2) is 0 Å². The Morgan fingerprint density at radius 1 is 1.71 bits per heavy atom. The number of ether oxygens (including phenoxy) is 1. The third kappa shape index (κ3) is 6.68. The number of methoxy groups -OCH3 is 1. The van der Waals surface area contributed by atoms with Crippen molar-refractivity contribution in [1.29, 1.82) is 0 Å². The number of carbonyl (C=O) groups excluding carboxylic acids is 1. The summed E-state index contributed by atoms with van der Waals surface area (Å²) >= 11 is 3.26. The van der Waals surface area contributed by atoms with E-state index in [1.165, 1.54) is 12.0 Å². The van der Waals surface area contributed by atoms with Gasteiger partial charge in [-0.3, -0.25) is 4.79 Å². The Balaban J connectivity index is 2.05. The minimum Gasteiger partial charge on any atom is -0.389 e. The zero-order chi connectivity index (χ0) is 12.5. The van der Waals surface area contributed by atoms with Crippen LogP contribution in [0, 0.1) is 0 Å². The van der Waals surface area contributed by atoms with Crippen LogP contribution in [0.5, 0.6) is 0 Å². The Morgan fingerprint density at radius 3 is 3.18 bits per heavy atom. The van der Waals surface area contributed by atoms with E-state index in [4.69, 9.17) is 4.74 Å². The van der Waals surface area contributed by atoms with Crippen LogP contribution in [0.2, 0.25) is 0 Å². The van der Waals surface area contributed by atoms with Gasteiger partial charge in [0.05, 0.1) is 18.5 Å². The van der Waals surface area contributed by atoms with Crippen molar-refractivity contribution >= 4 is 29.0 Å². The van der Waals surface area contributed by atoms with Gasteiger partial charge in [-0.1, -0.05) is 6.07 Å². The topological polar surface area (TPSA) is 58.6 Å². The molecule has 1 aromatic rings. The fraction of sp³-hybridized carbons (Fsp3) is 0.545. The van der Waals surface area contributed by atoms with E-state index in [-0.39, 0.29) is 19.1 Å². The molecule has 1 heterocycles. The van der Waals surface area contributed by atoms with E-state index in [0.717, 1.165) is 5.75 Å². The highest BCUT2D eigenvalue weighted by Gasteiger charge is 2.06. The van der Waals surface area contributed by atoms with Crippen LogP contribution in [0.1, 0.15) is 4.88 Å². The molecule has 2 N–H and O–H groups in total. The molecule has 0 aliphatic heterocycles. The van der Waals surface area contributed by atoms with E-state index in [1.54, 1.807) is 23.1 Å². The summed E-state index contributed by atoms with van der Waals surface area (Å²) in [5.41, 5.74) is 0. The zero-order valence-corrected chi connectivity index (χ0v) is 11.4. The third-order valence-corrected chi connectivity index (χ3v) is 3.99. The summed E-state index contributed by atoms with van der Waals surface area (Å²) in [5.74, 6) is 1.21. The van der Waals surface area contributed by atoms with Gasteiger partial charge in [0.1, 0.15) is 0 Å². The molecule has 1 amide bonds. The molecule has 17 heavy (non-hydrogen) atoms. The Morgan fingerprint density at radius 2 is 2.53 bits per heavy atom. The van der Waals surface area contributed by atoms with Crippen LogP contribution in [0.15, 0.2) is 17.5 Å². The molecule has 96 valence electrons. The molecule has 4 nitrogen and oxygen atoms in total. The minimum atomic E-state index is -0.633. The smallest absolute Gasteiger partial charge is 0.230 e. The number of amides is 1. The molecular weight excluding hydrogens is 258 g/mol. The Hall–Kier alpha value is -0.560. The second-order valence-electron chi connectivity index (χ2n) is 3.49. The number of carbonyl (C=O) groups is 1. The second-order valence-corrected chi connectivity index (χ2v) is 5.50. The summed E-state index contributed by atoms with van der Waals surface area (Å²) in [6.45, 7) is 0.481. The number of hydrogen-bond acceptors (Lipinski definition) is 5. The summed E-state index contributed by atoms with van der Waals surface area (Å²) in [6, 6.07) is 4.06. The molecule has 0 saturated carbocycles. The molecular formula is C11H17NO3S2. The molecule has 0 fully saturated rings. The summed E-state index contributed by atoms with van der Waals surface area (Å²) in [4.78, 5) is 12.7. The highest BCUT2D eigenvalue weighted by Crippen LogP contribution is 2.16. The van der Waals surface area contributed by atoms with Gasteiger partial charge in [-0.2, -0.15) is 0 Å². The molecule has 0 saturated heterocycles.